The first-order valence-corrected chi connectivity index (χ1v) is 9.17. The third kappa shape index (κ3) is 4.08. The molecule has 3 rings (SSSR count). The summed E-state index contributed by atoms with van der Waals surface area (Å²) in [6.45, 7) is 5.83. The zero-order chi connectivity index (χ0) is 18.5. The van der Waals surface area contributed by atoms with E-state index < -0.39 is 0 Å². The highest BCUT2D eigenvalue weighted by molar-refractivity contribution is 5.98. The summed E-state index contributed by atoms with van der Waals surface area (Å²) in [5.41, 5.74) is 2.42. The molecule has 0 saturated carbocycles. The Morgan fingerprint density at radius 2 is 1.85 bits per heavy atom. The first-order valence-electron chi connectivity index (χ1n) is 9.17. The van der Waals surface area contributed by atoms with Crippen molar-refractivity contribution >= 4 is 11.6 Å². The SMILES string of the molecule is CC(C)Cc1ccc(C(=O)C2CCN(c3nccnc3C#N)CC2)cc1. The van der Waals surface area contributed by atoms with E-state index in [4.69, 9.17) is 0 Å². The van der Waals surface area contributed by atoms with Crippen molar-refractivity contribution in [2.75, 3.05) is 18.0 Å². The van der Waals surface area contributed by atoms with Gasteiger partial charge in [-0.2, -0.15) is 5.26 Å². The number of nitrogens with zero attached hydrogens (tertiary/aromatic N) is 4. The van der Waals surface area contributed by atoms with Gasteiger partial charge in [0.05, 0.1) is 0 Å². The maximum absolute atomic E-state index is 12.8. The number of ketones is 1. The van der Waals surface area contributed by atoms with Crippen LogP contribution in [0.5, 0.6) is 0 Å². The molecular formula is C21H24N4O. The summed E-state index contributed by atoms with van der Waals surface area (Å²) in [6.07, 6.45) is 5.71. The van der Waals surface area contributed by atoms with Crippen LogP contribution in [0.4, 0.5) is 5.82 Å². The fourth-order valence-corrected chi connectivity index (χ4v) is 3.51. The Balaban J connectivity index is 1.62. The van der Waals surface area contributed by atoms with Crippen molar-refractivity contribution in [1.82, 2.24) is 9.97 Å². The van der Waals surface area contributed by atoms with E-state index in [-0.39, 0.29) is 11.7 Å². The smallest absolute Gasteiger partial charge is 0.183 e. The van der Waals surface area contributed by atoms with E-state index in [9.17, 15) is 10.1 Å². The van der Waals surface area contributed by atoms with E-state index in [0.717, 1.165) is 37.9 Å². The van der Waals surface area contributed by atoms with Gasteiger partial charge in [-0.05, 0) is 30.7 Å². The second-order valence-electron chi connectivity index (χ2n) is 7.26. The van der Waals surface area contributed by atoms with E-state index in [2.05, 4.69) is 46.9 Å². The minimum absolute atomic E-state index is 0.0319. The Morgan fingerprint density at radius 3 is 2.46 bits per heavy atom. The third-order valence-electron chi connectivity index (χ3n) is 4.83. The molecule has 0 spiro atoms. The Bertz CT molecular complexity index is 800. The molecular weight excluding hydrogens is 324 g/mol. The number of rotatable bonds is 5. The van der Waals surface area contributed by atoms with Crippen LogP contribution in [-0.2, 0) is 6.42 Å². The summed E-state index contributed by atoms with van der Waals surface area (Å²) >= 11 is 0. The van der Waals surface area contributed by atoms with Crippen LogP contribution in [0, 0.1) is 23.2 Å². The molecule has 0 bridgehead atoms. The van der Waals surface area contributed by atoms with Crippen molar-refractivity contribution in [1.29, 1.82) is 5.26 Å². The van der Waals surface area contributed by atoms with Crippen LogP contribution in [0.15, 0.2) is 36.7 Å². The number of Topliss-reactive ketones (excluding diaryl/α,β-unsaturated/α-hetero) is 1. The van der Waals surface area contributed by atoms with Crippen molar-refractivity contribution in [3.63, 3.8) is 0 Å². The third-order valence-corrected chi connectivity index (χ3v) is 4.83. The lowest BCUT2D eigenvalue weighted by molar-refractivity contribution is 0.0900. The van der Waals surface area contributed by atoms with Crippen molar-refractivity contribution in [3.8, 4) is 6.07 Å². The monoisotopic (exact) mass is 348 g/mol. The number of aromatic nitrogens is 2. The normalized spacial score (nSPS) is 15.1. The van der Waals surface area contributed by atoms with Crippen LogP contribution < -0.4 is 4.90 Å². The maximum atomic E-state index is 12.8. The maximum Gasteiger partial charge on any atom is 0.183 e. The van der Waals surface area contributed by atoms with Gasteiger partial charge >= 0.3 is 0 Å². The largest absolute Gasteiger partial charge is 0.354 e. The van der Waals surface area contributed by atoms with Crippen LogP contribution >= 0.6 is 0 Å². The predicted octanol–water partition coefficient (Wildman–Crippen LogP) is 3.65. The second kappa shape index (κ2) is 8.09. The standard InChI is InChI=1S/C21H24N4O/c1-15(2)13-16-3-5-17(6-4-16)20(26)18-7-11-25(12-8-18)21-19(14-22)23-9-10-24-21/h3-6,9-10,15,18H,7-8,11-13H2,1-2H3. The molecule has 0 radical (unpaired) electrons. The summed E-state index contributed by atoms with van der Waals surface area (Å²) in [7, 11) is 0. The van der Waals surface area contributed by atoms with Crippen LogP contribution in [-0.4, -0.2) is 28.8 Å². The first kappa shape index (κ1) is 18.1. The Kier molecular flexibility index (Phi) is 5.62. The molecule has 2 heterocycles. The van der Waals surface area contributed by atoms with Gasteiger partial charge in [-0.1, -0.05) is 38.1 Å². The van der Waals surface area contributed by atoms with Gasteiger partial charge in [0, 0.05) is 37.0 Å². The number of anilines is 1. The molecule has 1 aliphatic heterocycles. The van der Waals surface area contributed by atoms with Crippen molar-refractivity contribution in [3.05, 3.63) is 53.5 Å². The molecule has 26 heavy (non-hydrogen) atoms. The molecule has 5 nitrogen and oxygen atoms in total. The number of piperidine rings is 1. The quantitative estimate of drug-likeness (QED) is 0.772. The predicted molar refractivity (Wildman–Crippen MR) is 101 cm³/mol. The fourth-order valence-electron chi connectivity index (χ4n) is 3.51. The van der Waals surface area contributed by atoms with E-state index >= 15 is 0 Å². The van der Waals surface area contributed by atoms with Gasteiger partial charge in [0.1, 0.15) is 6.07 Å². The molecule has 134 valence electrons. The number of carbonyl (C=O) groups excluding carboxylic acids is 1. The van der Waals surface area contributed by atoms with Gasteiger partial charge in [-0.15, -0.1) is 0 Å². The van der Waals surface area contributed by atoms with E-state index in [0.29, 0.717) is 17.4 Å². The highest BCUT2D eigenvalue weighted by Gasteiger charge is 2.27. The molecule has 5 heteroatoms. The van der Waals surface area contributed by atoms with Crippen LogP contribution in [0.25, 0.3) is 0 Å². The van der Waals surface area contributed by atoms with Crippen LogP contribution in [0.2, 0.25) is 0 Å². The molecule has 2 aromatic rings. The topological polar surface area (TPSA) is 69.9 Å². The molecule has 0 amide bonds. The molecule has 1 fully saturated rings. The zero-order valence-corrected chi connectivity index (χ0v) is 15.4. The molecule has 1 aromatic carbocycles. The van der Waals surface area contributed by atoms with E-state index in [1.54, 1.807) is 6.20 Å². The molecule has 0 N–H and O–H groups in total. The Labute approximate surface area is 154 Å². The first-order chi connectivity index (χ1) is 12.6. The average molecular weight is 348 g/mol. The Hall–Kier alpha value is -2.74. The fraction of sp³-hybridized carbons (Fsp3) is 0.429. The molecule has 1 saturated heterocycles. The van der Waals surface area contributed by atoms with Gasteiger partial charge in [-0.3, -0.25) is 4.79 Å². The molecule has 0 atom stereocenters. The van der Waals surface area contributed by atoms with Crippen molar-refractivity contribution in [2.24, 2.45) is 11.8 Å². The lowest BCUT2D eigenvalue weighted by atomic mass is 9.88. The minimum Gasteiger partial charge on any atom is -0.354 e. The van der Waals surface area contributed by atoms with Crippen LogP contribution in [0.3, 0.4) is 0 Å². The Morgan fingerprint density at radius 1 is 1.19 bits per heavy atom. The van der Waals surface area contributed by atoms with Gasteiger partial charge in [0.25, 0.3) is 0 Å². The molecule has 1 aliphatic rings. The summed E-state index contributed by atoms with van der Waals surface area (Å²) in [5, 5.41) is 9.18. The van der Waals surface area contributed by atoms with Gasteiger partial charge < -0.3 is 4.90 Å². The van der Waals surface area contributed by atoms with Crippen LogP contribution in [0.1, 0.15) is 48.3 Å². The van der Waals surface area contributed by atoms with Crippen molar-refractivity contribution in [2.45, 2.75) is 33.1 Å². The van der Waals surface area contributed by atoms with Crippen molar-refractivity contribution < 1.29 is 4.79 Å². The van der Waals surface area contributed by atoms with Gasteiger partial charge in [0.15, 0.2) is 17.3 Å². The minimum atomic E-state index is 0.0319. The number of nitriles is 1. The highest BCUT2D eigenvalue weighted by atomic mass is 16.1. The van der Waals surface area contributed by atoms with E-state index in [1.165, 1.54) is 11.8 Å². The lowest BCUT2D eigenvalue weighted by Crippen LogP contribution is -2.37. The summed E-state index contributed by atoms with van der Waals surface area (Å²) in [6, 6.07) is 10.2. The van der Waals surface area contributed by atoms with E-state index in [1.807, 2.05) is 12.1 Å². The van der Waals surface area contributed by atoms with Gasteiger partial charge in [-0.25, -0.2) is 9.97 Å². The molecule has 0 unspecified atom stereocenters. The summed E-state index contributed by atoms with van der Waals surface area (Å²) in [4.78, 5) is 23.2. The summed E-state index contributed by atoms with van der Waals surface area (Å²) < 4.78 is 0. The average Bonchev–Trinajstić information content (AvgIpc) is 2.67. The number of carbonyl (C=O) groups is 1. The molecule has 1 aromatic heterocycles. The summed E-state index contributed by atoms with van der Waals surface area (Å²) in [5.74, 6) is 1.49. The highest BCUT2D eigenvalue weighted by Crippen LogP contribution is 2.26. The number of hydrogen-bond donors (Lipinski definition) is 0. The lowest BCUT2D eigenvalue weighted by Gasteiger charge is -2.32. The van der Waals surface area contributed by atoms with Gasteiger partial charge in [0.2, 0.25) is 0 Å². The zero-order valence-electron chi connectivity index (χ0n) is 15.4. The number of hydrogen-bond acceptors (Lipinski definition) is 5. The molecule has 0 aliphatic carbocycles. The second-order valence-corrected chi connectivity index (χ2v) is 7.26. The number of benzene rings is 1.